The van der Waals surface area contributed by atoms with Crippen LogP contribution in [-0.4, -0.2) is 17.7 Å². The van der Waals surface area contributed by atoms with Gasteiger partial charge in [-0.05, 0) is 31.0 Å². The van der Waals surface area contributed by atoms with E-state index in [9.17, 15) is 4.79 Å². The Bertz CT molecular complexity index is 423. The van der Waals surface area contributed by atoms with Crippen molar-refractivity contribution < 1.29 is 4.79 Å². The van der Waals surface area contributed by atoms with Gasteiger partial charge < -0.3 is 11.1 Å². The summed E-state index contributed by atoms with van der Waals surface area (Å²) < 4.78 is 0.968. The van der Waals surface area contributed by atoms with E-state index in [1.165, 1.54) is 11.8 Å². The van der Waals surface area contributed by atoms with Crippen LogP contribution in [0.15, 0.2) is 27.6 Å². The molecule has 1 amide bonds. The Hall–Kier alpha value is -0.680. The van der Waals surface area contributed by atoms with E-state index in [1.54, 1.807) is 0 Å². The van der Waals surface area contributed by atoms with Crippen LogP contribution in [0.4, 0.5) is 5.69 Å². The number of thioether (sulfide) groups is 1. The van der Waals surface area contributed by atoms with Crippen molar-refractivity contribution in [3.63, 3.8) is 0 Å². The number of rotatable bonds is 5. The quantitative estimate of drug-likeness (QED) is 0.643. The third-order valence-corrected chi connectivity index (χ3v) is 4.29. The average Bonchev–Trinajstić information content (AvgIpc) is 2.30. The Kier molecular flexibility index (Phi) is 6.02. The molecule has 100 valence electrons. The van der Waals surface area contributed by atoms with Crippen molar-refractivity contribution in [1.29, 1.82) is 0 Å². The molecule has 1 aromatic rings. The smallest absolute Gasteiger partial charge is 0.230 e. The van der Waals surface area contributed by atoms with E-state index in [-0.39, 0.29) is 11.9 Å². The number of nitrogens with one attached hydrogen (secondary N) is 1. The fraction of sp³-hybridized carbons (Fsp3) is 0.462. The van der Waals surface area contributed by atoms with Crippen molar-refractivity contribution in [2.24, 2.45) is 5.92 Å². The van der Waals surface area contributed by atoms with Crippen LogP contribution in [0.2, 0.25) is 0 Å². The van der Waals surface area contributed by atoms with Crippen molar-refractivity contribution in [3.8, 4) is 0 Å². The van der Waals surface area contributed by atoms with E-state index in [2.05, 4.69) is 35.1 Å². The summed E-state index contributed by atoms with van der Waals surface area (Å²) in [7, 11) is 0. The van der Waals surface area contributed by atoms with Crippen LogP contribution in [0.25, 0.3) is 0 Å². The molecule has 1 unspecified atom stereocenters. The Morgan fingerprint density at radius 2 is 2.11 bits per heavy atom. The highest BCUT2D eigenvalue weighted by Crippen LogP contribution is 2.28. The Balaban J connectivity index is 2.50. The summed E-state index contributed by atoms with van der Waals surface area (Å²) >= 11 is 4.85. The second kappa shape index (κ2) is 7.04. The van der Waals surface area contributed by atoms with Crippen molar-refractivity contribution in [3.05, 3.63) is 22.7 Å². The van der Waals surface area contributed by atoms with Crippen LogP contribution in [-0.2, 0) is 4.79 Å². The molecule has 1 rings (SSSR count). The summed E-state index contributed by atoms with van der Waals surface area (Å²) in [4.78, 5) is 12.7. The number of carbonyl (C=O) groups is 1. The van der Waals surface area contributed by atoms with Crippen LogP contribution < -0.4 is 11.1 Å². The molecule has 0 aromatic heterocycles. The lowest BCUT2D eigenvalue weighted by molar-refractivity contribution is -0.119. The zero-order valence-corrected chi connectivity index (χ0v) is 13.3. The van der Waals surface area contributed by atoms with Gasteiger partial charge in [-0.25, -0.2) is 0 Å². The molecule has 0 saturated heterocycles. The van der Waals surface area contributed by atoms with Crippen LogP contribution in [0.5, 0.6) is 0 Å². The Labute approximate surface area is 121 Å². The Morgan fingerprint density at radius 1 is 1.44 bits per heavy atom. The molecular formula is C13H19BrN2OS. The lowest BCUT2D eigenvalue weighted by Crippen LogP contribution is -2.37. The molecule has 0 aliphatic rings. The molecular weight excluding hydrogens is 312 g/mol. The molecule has 5 heteroatoms. The highest BCUT2D eigenvalue weighted by atomic mass is 79.9. The minimum atomic E-state index is 0.0422. The number of carbonyl (C=O) groups excluding carboxylic acids is 1. The van der Waals surface area contributed by atoms with E-state index in [0.29, 0.717) is 17.4 Å². The van der Waals surface area contributed by atoms with Gasteiger partial charge in [0, 0.05) is 21.1 Å². The molecule has 0 heterocycles. The highest BCUT2D eigenvalue weighted by molar-refractivity contribution is 9.10. The van der Waals surface area contributed by atoms with Crippen LogP contribution in [0, 0.1) is 5.92 Å². The minimum absolute atomic E-state index is 0.0422. The molecule has 3 nitrogen and oxygen atoms in total. The molecule has 0 spiro atoms. The second-order valence-corrected chi connectivity index (χ2v) is 6.50. The standard InChI is InChI=1S/C13H19BrN2OS/c1-8(2)9(3)16-13(17)7-18-12-6-10(14)4-5-11(12)15/h4-6,8-9H,7,15H2,1-3H3,(H,16,17). The summed E-state index contributed by atoms with van der Waals surface area (Å²) in [6.45, 7) is 6.19. The maximum Gasteiger partial charge on any atom is 0.230 e. The predicted octanol–water partition coefficient (Wildman–Crippen LogP) is 3.28. The molecule has 1 atom stereocenters. The summed E-state index contributed by atoms with van der Waals surface area (Å²) in [6, 6.07) is 5.85. The molecule has 0 fully saturated rings. The second-order valence-electron chi connectivity index (χ2n) is 4.57. The number of nitrogens with two attached hydrogens (primary N) is 1. The number of halogens is 1. The lowest BCUT2D eigenvalue weighted by Gasteiger charge is -2.17. The van der Waals surface area contributed by atoms with Crippen LogP contribution >= 0.6 is 27.7 Å². The summed E-state index contributed by atoms with van der Waals surface area (Å²) in [6.07, 6.45) is 0. The number of hydrogen-bond donors (Lipinski definition) is 2. The molecule has 0 radical (unpaired) electrons. The van der Waals surface area contributed by atoms with E-state index >= 15 is 0 Å². The summed E-state index contributed by atoms with van der Waals surface area (Å²) in [5.41, 5.74) is 6.55. The molecule has 18 heavy (non-hydrogen) atoms. The molecule has 0 saturated carbocycles. The van der Waals surface area contributed by atoms with Crippen molar-refractivity contribution in [1.82, 2.24) is 5.32 Å². The Morgan fingerprint density at radius 3 is 2.72 bits per heavy atom. The van der Waals surface area contributed by atoms with Gasteiger partial charge in [-0.15, -0.1) is 11.8 Å². The minimum Gasteiger partial charge on any atom is -0.398 e. The third kappa shape index (κ3) is 4.90. The fourth-order valence-corrected chi connectivity index (χ4v) is 2.57. The van der Waals surface area contributed by atoms with Gasteiger partial charge in [-0.3, -0.25) is 4.79 Å². The van der Waals surface area contributed by atoms with Gasteiger partial charge >= 0.3 is 0 Å². The molecule has 0 aliphatic heterocycles. The first-order chi connectivity index (χ1) is 8.40. The summed E-state index contributed by atoms with van der Waals surface area (Å²) in [5, 5.41) is 2.97. The average molecular weight is 331 g/mol. The predicted molar refractivity (Wildman–Crippen MR) is 81.7 cm³/mol. The van der Waals surface area contributed by atoms with E-state index < -0.39 is 0 Å². The monoisotopic (exact) mass is 330 g/mol. The highest BCUT2D eigenvalue weighted by Gasteiger charge is 2.11. The van der Waals surface area contributed by atoms with E-state index in [4.69, 9.17) is 5.73 Å². The molecule has 3 N–H and O–H groups in total. The fourth-order valence-electron chi connectivity index (χ4n) is 1.24. The first-order valence-corrected chi connectivity index (χ1v) is 7.65. The zero-order valence-electron chi connectivity index (χ0n) is 10.9. The van der Waals surface area contributed by atoms with Gasteiger partial charge in [0.25, 0.3) is 0 Å². The molecule has 0 aliphatic carbocycles. The van der Waals surface area contributed by atoms with Gasteiger partial charge in [0.1, 0.15) is 0 Å². The molecule has 0 bridgehead atoms. The number of hydrogen-bond acceptors (Lipinski definition) is 3. The number of benzene rings is 1. The maximum absolute atomic E-state index is 11.7. The first kappa shape index (κ1) is 15.4. The van der Waals surface area contributed by atoms with E-state index in [0.717, 1.165) is 9.37 Å². The van der Waals surface area contributed by atoms with Crippen molar-refractivity contribution in [2.75, 3.05) is 11.5 Å². The van der Waals surface area contributed by atoms with E-state index in [1.807, 2.05) is 25.1 Å². The normalized spacial score (nSPS) is 12.5. The summed E-state index contributed by atoms with van der Waals surface area (Å²) in [5.74, 6) is 0.869. The van der Waals surface area contributed by atoms with Gasteiger partial charge in [0.05, 0.1) is 5.75 Å². The third-order valence-electron chi connectivity index (χ3n) is 2.72. The topological polar surface area (TPSA) is 55.1 Å². The SMILES string of the molecule is CC(C)C(C)NC(=O)CSc1cc(Br)ccc1N. The van der Waals surface area contributed by atoms with Gasteiger partial charge in [-0.2, -0.15) is 0 Å². The number of amides is 1. The number of anilines is 1. The van der Waals surface area contributed by atoms with Gasteiger partial charge in [-0.1, -0.05) is 29.8 Å². The lowest BCUT2D eigenvalue weighted by atomic mass is 10.1. The zero-order chi connectivity index (χ0) is 13.7. The van der Waals surface area contributed by atoms with Gasteiger partial charge in [0.15, 0.2) is 0 Å². The largest absolute Gasteiger partial charge is 0.398 e. The maximum atomic E-state index is 11.7. The number of nitrogen functional groups attached to an aromatic ring is 1. The van der Waals surface area contributed by atoms with Crippen molar-refractivity contribution >= 4 is 39.3 Å². The van der Waals surface area contributed by atoms with Crippen LogP contribution in [0.3, 0.4) is 0 Å². The van der Waals surface area contributed by atoms with Crippen molar-refractivity contribution in [2.45, 2.75) is 31.7 Å². The van der Waals surface area contributed by atoms with Crippen LogP contribution in [0.1, 0.15) is 20.8 Å². The van der Waals surface area contributed by atoms with Gasteiger partial charge in [0.2, 0.25) is 5.91 Å². The first-order valence-electron chi connectivity index (χ1n) is 5.87. The molecule has 1 aromatic carbocycles.